The maximum absolute atomic E-state index is 12.2. The van der Waals surface area contributed by atoms with Crippen molar-refractivity contribution in [2.24, 2.45) is 0 Å². The molecule has 0 unspecified atom stereocenters. The number of pyridine rings is 1. The van der Waals surface area contributed by atoms with Crippen LogP contribution in [0.1, 0.15) is 34.2 Å². The second kappa shape index (κ2) is 7.09. The first-order valence-electron chi connectivity index (χ1n) is 7.48. The molecule has 0 aliphatic heterocycles. The Labute approximate surface area is 135 Å². The number of hydrogen-bond acceptors (Lipinski definition) is 4. The molecule has 0 saturated carbocycles. The van der Waals surface area contributed by atoms with E-state index in [2.05, 4.69) is 10.3 Å². The van der Waals surface area contributed by atoms with Crippen LogP contribution in [0.4, 0.5) is 5.82 Å². The van der Waals surface area contributed by atoms with Crippen molar-refractivity contribution >= 4 is 17.7 Å². The molecule has 0 spiro atoms. The third kappa shape index (κ3) is 3.97. The predicted octanol–water partition coefficient (Wildman–Crippen LogP) is 2.62. The minimum absolute atomic E-state index is 0.118. The molecule has 1 amide bonds. The fraction of sp³-hybridized carbons (Fsp3) is 0.353. The van der Waals surface area contributed by atoms with Gasteiger partial charge in [0.25, 0.3) is 0 Å². The molecule has 0 atom stereocenters. The zero-order valence-corrected chi connectivity index (χ0v) is 13.8. The van der Waals surface area contributed by atoms with Gasteiger partial charge in [0.2, 0.25) is 5.91 Å². The molecule has 0 radical (unpaired) electrons. The number of hydrogen-bond donors (Lipinski definition) is 1. The summed E-state index contributed by atoms with van der Waals surface area (Å²) in [4.78, 5) is 28.2. The molecule has 23 heavy (non-hydrogen) atoms. The van der Waals surface area contributed by atoms with Gasteiger partial charge in [-0.2, -0.15) is 0 Å². The minimum atomic E-state index is -0.368. The highest BCUT2D eigenvalue weighted by molar-refractivity contribution is 5.92. The zero-order valence-electron chi connectivity index (χ0n) is 13.8. The van der Waals surface area contributed by atoms with Gasteiger partial charge in [-0.05, 0) is 51.5 Å². The van der Waals surface area contributed by atoms with Crippen LogP contribution in [0.25, 0.3) is 0 Å². The molecule has 2 heterocycles. The summed E-state index contributed by atoms with van der Waals surface area (Å²) in [5, 5.41) is 2.76. The van der Waals surface area contributed by atoms with E-state index in [9.17, 15) is 9.59 Å². The molecule has 0 saturated heterocycles. The van der Waals surface area contributed by atoms with Crippen LogP contribution in [-0.4, -0.2) is 28.0 Å². The average Bonchev–Trinajstić information content (AvgIpc) is 2.75. The van der Waals surface area contributed by atoms with Crippen LogP contribution in [0.2, 0.25) is 0 Å². The van der Waals surface area contributed by atoms with Crippen molar-refractivity contribution in [3.8, 4) is 0 Å². The number of nitrogens with one attached hydrogen (secondary N) is 1. The van der Waals surface area contributed by atoms with Crippen LogP contribution >= 0.6 is 0 Å². The summed E-state index contributed by atoms with van der Waals surface area (Å²) in [6.07, 6.45) is 1.65. The number of aromatic nitrogens is 2. The molecule has 0 aromatic carbocycles. The van der Waals surface area contributed by atoms with E-state index in [4.69, 9.17) is 4.74 Å². The van der Waals surface area contributed by atoms with E-state index < -0.39 is 0 Å². The van der Waals surface area contributed by atoms with Crippen molar-refractivity contribution in [3.05, 3.63) is 46.9 Å². The number of anilines is 1. The third-order valence-electron chi connectivity index (χ3n) is 3.55. The van der Waals surface area contributed by atoms with Crippen LogP contribution in [0, 0.1) is 20.8 Å². The molecule has 2 rings (SSSR count). The minimum Gasteiger partial charge on any atom is -0.462 e. The SMILES string of the molecule is CCOC(=O)c1cc(C)n(CC(=O)Nc2cc(C)ccn2)c1C. The Morgan fingerprint density at radius 1 is 1.26 bits per heavy atom. The molecule has 2 aromatic heterocycles. The van der Waals surface area contributed by atoms with Gasteiger partial charge in [0.05, 0.1) is 12.2 Å². The number of carbonyl (C=O) groups is 2. The Morgan fingerprint density at radius 3 is 2.65 bits per heavy atom. The lowest BCUT2D eigenvalue weighted by molar-refractivity contribution is -0.116. The van der Waals surface area contributed by atoms with Gasteiger partial charge in [0.1, 0.15) is 12.4 Å². The lowest BCUT2D eigenvalue weighted by Crippen LogP contribution is -2.21. The van der Waals surface area contributed by atoms with Gasteiger partial charge >= 0.3 is 5.97 Å². The maximum atomic E-state index is 12.2. The molecule has 122 valence electrons. The molecule has 0 bridgehead atoms. The van der Waals surface area contributed by atoms with Gasteiger partial charge < -0.3 is 14.6 Å². The van der Waals surface area contributed by atoms with E-state index in [1.165, 1.54) is 0 Å². The van der Waals surface area contributed by atoms with Gasteiger partial charge in [-0.25, -0.2) is 9.78 Å². The van der Waals surface area contributed by atoms with Crippen molar-refractivity contribution in [2.75, 3.05) is 11.9 Å². The van der Waals surface area contributed by atoms with Crippen molar-refractivity contribution in [1.82, 2.24) is 9.55 Å². The highest BCUT2D eigenvalue weighted by Gasteiger charge is 2.18. The largest absolute Gasteiger partial charge is 0.462 e. The second-order valence-corrected chi connectivity index (χ2v) is 5.36. The predicted molar refractivity (Wildman–Crippen MR) is 87.5 cm³/mol. The summed E-state index contributed by atoms with van der Waals surface area (Å²) in [5.74, 6) is -0.0454. The van der Waals surface area contributed by atoms with Gasteiger partial charge in [-0.15, -0.1) is 0 Å². The summed E-state index contributed by atoms with van der Waals surface area (Å²) in [7, 11) is 0. The van der Waals surface area contributed by atoms with E-state index in [0.29, 0.717) is 23.7 Å². The Hall–Kier alpha value is -2.63. The maximum Gasteiger partial charge on any atom is 0.339 e. The second-order valence-electron chi connectivity index (χ2n) is 5.36. The highest BCUT2D eigenvalue weighted by atomic mass is 16.5. The monoisotopic (exact) mass is 315 g/mol. The molecule has 6 nitrogen and oxygen atoms in total. The fourth-order valence-electron chi connectivity index (χ4n) is 2.39. The molecule has 6 heteroatoms. The van der Waals surface area contributed by atoms with Crippen molar-refractivity contribution in [1.29, 1.82) is 0 Å². The van der Waals surface area contributed by atoms with Crippen molar-refractivity contribution < 1.29 is 14.3 Å². The molecule has 2 aromatic rings. The van der Waals surface area contributed by atoms with Gasteiger partial charge in [0.15, 0.2) is 0 Å². The number of rotatable bonds is 5. The molecular weight excluding hydrogens is 294 g/mol. The molecular formula is C17H21N3O3. The van der Waals surface area contributed by atoms with Crippen LogP contribution < -0.4 is 5.32 Å². The Bertz CT molecular complexity index is 735. The summed E-state index contributed by atoms with van der Waals surface area (Å²) < 4.78 is 6.82. The lowest BCUT2D eigenvalue weighted by Gasteiger charge is -2.10. The first-order valence-corrected chi connectivity index (χ1v) is 7.48. The van der Waals surface area contributed by atoms with Gasteiger partial charge in [-0.1, -0.05) is 0 Å². The number of carbonyl (C=O) groups excluding carboxylic acids is 2. The first-order chi connectivity index (χ1) is 10.9. The number of nitrogens with zero attached hydrogens (tertiary/aromatic N) is 2. The van der Waals surface area contributed by atoms with Crippen LogP contribution in [0.3, 0.4) is 0 Å². The standard InChI is InChI=1S/C17H21N3O3/c1-5-23-17(22)14-9-12(3)20(13(14)4)10-16(21)19-15-8-11(2)6-7-18-15/h6-9H,5,10H2,1-4H3,(H,18,19,21). The van der Waals surface area contributed by atoms with Crippen LogP contribution in [0.15, 0.2) is 24.4 Å². The summed E-state index contributed by atoms with van der Waals surface area (Å²) in [6.45, 7) is 7.79. The van der Waals surface area contributed by atoms with E-state index in [0.717, 1.165) is 11.3 Å². The Balaban J connectivity index is 2.13. The van der Waals surface area contributed by atoms with Crippen molar-refractivity contribution in [2.45, 2.75) is 34.2 Å². The Morgan fingerprint density at radius 2 is 2.00 bits per heavy atom. The van der Waals surface area contributed by atoms with Crippen molar-refractivity contribution in [3.63, 3.8) is 0 Å². The number of ether oxygens (including phenoxy) is 1. The Kier molecular flexibility index (Phi) is 5.16. The molecule has 0 aliphatic rings. The number of aryl methyl sites for hydroxylation is 2. The highest BCUT2D eigenvalue weighted by Crippen LogP contribution is 2.16. The number of amides is 1. The quantitative estimate of drug-likeness (QED) is 0.861. The average molecular weight is 315 g/mol. The topological polar surface area (TPSA) is 73.2 Å². The molecule has 1 N–H and O–H groups in total. The summed E-state index contributed by atoms with van der Waals surface area (Å²) >= 11 is 0. The van der Waals surface area contributed by atoms with Gasteiger partial charge in [-0.3, -0.25) is 4.79 Å². The van der Waals surface area contributed by atoms with E-state index in [-0.39, 0.29) is 18.4 Å². The van der Waals surface area contributed by atoms with Crippen LogP contribution in [0.5, 0.6) is 0 Å². The summed E-state index contributed by atoms with van der Waals surface area (Å²) in [6, 6.07) is 5.41. The fourth-order valence-corrected chi connectivity index (χ4v) is 2.39. The van der Waals surface area contributed by atoms with E-state index >= 15 is 0 Å². The van der Waals surface area contributed by atoms with E-state index in [1.807, 2.05) is 19.9 Å². The normalized spacial score (nSPS) is 10.4. The first kappa shape index (κ1) is 16.7. The molecule has 0 fully saturated rings. The van der Waals surface area contributed by atoms with Crippen LogP contribution in [-0.2, 0) is 16.1 Å². The lowest BCUT2D eigenvalue weighted by atomic mass is 10.2. The number of esters is 1. The van der Waals surface area contributed by atoms with Gasteiger partial charge in [0, 0.05) is 17.6 Å². The smallest absolute Gasteiger partial charge is 0.339 e. The third-order valence-corrected chi connectivity index (χ3v) is 3.55. The summed E-state index contributed by atoms with van der Waals surface area (Å²) in [5.41, 5.74) is 3.06. The van der Waals surface area contributed by atoms with E-state index in [1.54, 1.807) is 36.7 Å². The zero-order chi connectivity index (χ0) is 17.0. The molecule has 0 aliphatic carbocycles.